The molecule has 9 nitrogen and oxygen atoms in total. The topological polar surface area (TPSA) is 126 Å². The third-order valence-corrected chi connectivity index (χ3v) is 6.01. The molecule has 156 valence electrons. The van der Waals surface area contributed by atoms with Gasteiger partial charge in [-0.15, -0.1) is 0 Å². The van der Waals surface area contributed by atoms with E-state index in [1.807, 2.05) is 0 Å². The third kappa shape index (κ3) is 4.56. The lowest BCUT2D eigenvalue weighted by atomic mass is 10.1. The van der Waals surface area contributed by atoms with Gasteiger partial charge in [-0.05, 0) is 24.3 Å². The summed E-state index contributed by atoms with van der Waals surface area (Å²) in [5, 5.41) is 2.97. The number of esters is 1. The minimum absolute atomic E-state index is 0.0114. The van der Waals surface area contributed by atoms with Gasteiger partial charge in [0.2, 0.25) is 15.6 Å². The van der Waals surface area contributed by atoms with Gasteiger partial charge in [0.25, 0.3) is 5.91 Å². The number of H-pyrrole nitrogens is 1. The van der Waals surface area contributed by atoms with Crippen LogP contribution in [0.25, 0.3) is 10.9 Å². The number of nitrogens with zero attached hydrogens (tertiary/aromatic N) is 1. The molecule has 0 spiro atoms. The first-order valence-electron chi connectivity index (χ1n) is 8.80. The Hall–Kier alpha value is -3.50. The number of rotatable bonds is 6. The van der Waals surface area contributed by atoms with Gasteiger partial charge in [-0.2, -0.15) is 0 Å². The molecule has 2 N–H and O–H groups in total. The number of ether oxygens (including phenoxy) is 1. The lowest BCUT2D eigenvalue weighted by Gasteiger charge is -2.13. The summed E-state index contributed by atoms with van der Waals surface area (Å²) in [7, 11) is -0.855. The SMILES string of the molecule is CN(C)S(=O)(=O)c1cccc(NC(=O)COC(=O)c2cc(=O)[nH]c3ccccc23)c1. The molecule has 30 heavy (non-hydrogen) atoms. The second kappa shape index (κ2) is 8.47. The number of hydrogen-bond donors (Lipinski definition) is 2. The minimum atomic E-state index is -3.66. The van der Waals surface area contributed by atoms with Crippen molar-refractivity contribution in [1.82, 2.24) is 9.29 Å². The fourth-order valence-electron chi connectivity index (χ4n) is 2.72. The maximum absolute atomic E-state index is 12.4. The van der Waals surface area contributed by atoms with Crippen molar-refractivity contribution in [2.75, 3.05) is 26.0 Å². The van der Waals surface area contributed by atoms with E-state index >= 15 is 0 Å². The van der Waals surface area contributed by atoms with Gasteiger partial charge in [-0.1, -0.05) is 24.3 Å². The summed E-state index contributed by atoms with van der Waals surface area (Å²) in [4.78, 5) is 38.9. The Morgan fingerprint density at radius 3 is 2.53 bits per heavy atom. The number of sulfonamides is 1. The zero-order chi connectivity index (χ0) is 21.9. The molecule has 3 rings (SSSR count). The number of aromatic nitrogens is 1. The van der Waals surface area contributed by atoms with Crippen LogP contribution in [0.4, 0.5) is 5.69 Å². The number of benzene rings is 2. The minimum Gasteiger partial charge on any atom is -0.452 e. The maximum atomic E-state index is 12.4. The van der Waals surface area contributed by atoms with Crippen LogP contribution in [0.5, 0.6) is 0 Å². The van der Waals surface area contributed by atoms with Gasteiger partial charge < -0.3 is 15.0 Å². The zero-order valence-corrected chi connectivity index (χ0v) is 17.0. The number of carbonyl (C=O) groups is 2. The largest absolute Gasteiger partial charge is 0.452 e. The number of para-hydroxylation sites is 1. The van der Waals surface area contributed by atoms with E-state index in [1.165, 1.54) is 38.4 Å². The molecule has 0 atom stereocenters. The number of carbonyl (C=O) groups excluding carboxylic acids is 2. The molecule has 1 aromatic heterocycles. The van der Waals surface area contributed by atoms with Gasteiger partial charge in [0.05, 0.1) is 10.5 Å². The number of nitrogens with one attached hydrogen (secondary N) is 2. The van der Waals surface area contributed by atoms with Crippen LogP contribution in [0.2, 0.25) is 0 Å². The van der Waals surface area contributed by atoms with Crippen molar-refractivity contribution in [2.45, 2.75) is 4.90 Å². The molecule has 3 aromatic rings. The molecule has 0 saturated heterocycles. The van der Waals surface area contributed by atoms with Crippen LogP contribution in [-0.4, -0.2) is 50.3 Å². The van der Waals surface area contributed by atoms with Gasteiger partial charge in [0, 0.05) is 36.8 Å². The normalized spacial score (nSPS) is 11.4. The van der Waals surface area contributed by atoms with Gasteiger partial charge in [0.1, 0.15) is 0 Å². The third-order valence-electron chi connectivity index (χ3n) is 4.20. The number of pyridine rings is 1. The molecule has 0 bridgehead atoms. The molecule has 2 aromatic carbocycles. The highest BCUT2D eigenvalue weighted by molar-refractivity contribution is 7.89. The maximum Gasteiger partial charge on any atom is 0.339 e. The molecule has 0 aliphatic heterocycles. The van der Waals surface area contributed by atoms with E-state index in [1.54, 1.807) is 24.3 Å². The molecular weight excluding hydrogens is 410 g/mol. The molecule has 1 heterocycles. The quantitative estimate of drug-likeness (QED) is 0.573. The molecule has 0 unspecified atom stereocenters. The standard InChI is InChI=1S/C20H19N3O6S/c1-23(2)30(27,28)14-7-5-6-13(10-14)21-19(25)12-29-20(26)16-11-18(24)22-17-9-4-3-8-15(16)17/h3-11H,12H2,1-2H3,(H,21,25)(H,22,24). The highest BCUT2D eigenvalue weighted by atomic mass is 32.2. The monoisotopic (exact) mass is 429 g/mol. The molecule has 0 aliphatic carbocycles. The summed E-state index contributed by atoms with van der Waals surface area (Å²) in [6, 6.07) is 13.5. The predicted molar refractivity (Wildman–Crippen MR) is 111 cm³/mol. The second-order valence-electron chi connectivity index (χ2n) is 6.53. The first-order chi connectivity index (χ1) is 14.2. The summed E-state index contributed by atoms with van der Waals surface area (Å²) >= 11 is 0. The van der Waals surface area contributed by atoms with Gasteiger partial charge in [-0.3, -0.25) is 9.59 Å². The number of amides is 1. The van der Waals surface area contributed by atoms with Crippen LogP contribution < -0.4 is 10.9 Å². The molecule has 1 amide bonds. The lowest BCUT2D eigenvalue weighted by molar-refractivity contribution is -0.119. The molecule has 10 heteroatoms. The van der Waals surface area contributed by atoms with E-state index in [-0.39, 0.29) is 16.1 Å². The van der Waals surface area contributed by atoms with Crippen LogP contribution in [0.15, 0.2) is 64.3 Å². The Labute approximate surface area is 172 Å². The molecule has 0 fully saturated rings. The van der Waals surface area contributed by atoms with Crippen LogP contribution in [0.3, 0.4) is 0 Å². The van der Waals surface area contributed by atoms with Crippen LogP contribution in [-0.2, 0) is 19.6 Å². The van der Waals surface area contributed by atoms with E-state index in [9.17, 15) is 22.8 Å². The Balaban J connectivity index is 1.70. The lowest BCUT2D eigenvalue weighted by Crippen LogP contribution is -2.23. The summed E-state index contributed by atoms with van der Waals surface area (Å²) in [5.41, 5.74) is 0.283. The Kier molecular flexibility index (Phi) is 5.99. The number of anilines is 1. The van der Waals surface area contributed by atoms with Crippen molar-refractivity contribution >= 4 is 38.5 Å². The Morgan fingerprint density at radius 1 is 1.07 bits per heavy atom. The second-order valence-corrected chi connectivity index (χ2v) is 8.68. The molecule has 0 aliphatic rings. The highest BCUT2D eigenvalue weighted by Crippen LogP contribution is 2.18. The molecular formula is C20H19N3O6S. The van der Waals surface area contributed by atoms with E-state index in [4.69, 9.17) is 4.74 Å². The van der Waals surface area contributed by atoms with Gasteiger partial charge >= 0.3 is 5.97 Å². The zero-order valence-electron chi connectivity index (χ0n) is 16.2. The number of aromatic amines is 1. The Morgan fingerprint density at radius 2 is 1.80 bits per heavy atom. The first-order valence-corrected chi connectivity index (χ1v) is 10.2. The molecule has 0 saturated carbocycles. The fourth-order valence-corrected chi connectivity index (χ4v) is 3.67. The van der Waals surface area contributed by atoms with E-state index < -0.39 is 34.1 Å². The van der Waals surface area contributed by atoms with E-state index in [2.05, 4.69) is 10.3 Å². The van der Waals surface area contributed by atoms with Crippen LogP contribution >= 0.6 is 0 Å². The summed E-state index contributed by atoms with van der Waals surface area (Å²) in [6.07, 6.45) is 0. The van der Waals surface area contributed by atoms with E-state index in [0.29, 0.717) is 10.9 Å². The van der Waals surface area contributed by atoms with Crippen molar-refractivity contribution < 1.29 is 22.7 Å². The summed E-state index contributed by atoms with van der Waals surface area (Å²) < 4.78 is 30.5. The Bertz CT molecular complexity index is 1280. The van der Waals surface area contributed by atoms with Crippen molar-refractivity contribution in [3.8, 4) is 0 Å². The smallest absolute Gasteiger partial charge is 0.339 e. The number of hydrogen-bond acceptors (Lipinski definition) is 6. The van der Waals surface area contributed by atoms with Crippen molar-refractivity contribution in [2.24, 2.45) is 0 Å². The average Bonchev–Trinajstić information content (AvgIpc) is 2.71. The van der Waals surface area contributed by atoms with Gasteiger partial charge in [-0.25, -0.2) is 17.5 Å². The van der Waals surface area contributed by atoms with Crippen molar-refractivity contribution in [3.05, 3.63) is 70.5 Å². The summed E-state index contributed by atoms with van der Waals surface area (Å²) in [5.74, 6) is -1.48. The first kappa shape index (κ1) is 21.2. The predicted octanol–water partition coefficient (Wildman–Crippen LogP) is 1.57. The average molecular weight is 429 g/mol. The fraction of sp³-hybridized carbons (Fsp3) is 0.150. The summed E-state index contributed by atoms with van der Waals surface area (Å²) in [6.45, 7) is -0.607. The van der Waals surface area contributed by atoms with Crippen LogP contribution in [0, 0.1) is 0 Å². The van der Waals surface area contributed by atoms with Crippen molar-refractivity contribution in [1.29, 1.82) is 0 Å². The van der Waals surface area contributed by atoms with Crippen molar-refractivity contribution in [3.63, 3.8) is 0 Å². The number of fused-ring (bicyclic) bond motifs is 1. The highest BCUT2D eigenvalue weighted by Gasteiger charge is 2.18. The molecule has 0 radical (unpaired) electrons. The van der Waals surface area contributed by atoms with Crippen LogP contribution in [0.1, 0.15) is 10.4 Å². The van der Waals surface area contributed by atoms with Gasteiger partial charge in [0.15, 0.2) is 6.61 Å². The van der Waals surface area contributed by atoms with E-state index in [0.717, 1.165) is 10.4 Å².